The van der Waals surface area contributed by atoms with Crippen LogP contribution in [0.4, 0.5) is 4.39 Å². The average molecular weight is 309 g/mol. The predicted octanol–water partition coefficient (Wildman–Crippen LogP) is 3.16. The van der Waals surface area contributed by atoms with Crippen molar-refractivity contribution < 1.29 is 4.39 Å². The summed E-state index contributed by atoms with van der Waals surface area (Å²) in [4.78, 5) is 4.51. The summed E-state index contributed by atoms with van der Waals surface area (Å²) in [6.45, 7) is 3.21. The van der Waals surface area contributed by atoms with E-state index in [4.69, 9.17) is 0 Å². The molecule has 0 spiro atoms. The minimum Gasteiger partial charge on any atom is -0.357 e. The van der Waals surface area contributed by atoms with Gasteiger partial charge in [0.2, 0.25) is 0 Å². The van der Waals surface area contributed by atoms with Crippen molar-refractivity contribution in [2.24, 2.45) is 4.99 Å². The van der Waals surface area contributed by atoms with Crippen LogP contribution in [0.3, 0.4) is 0 Å². The summed E-state index contributed by atoms with van der Waals surface area (Å²) in [6, 6.07) is 7.27. The second-order valence-corrected chi connectivity index (χ2v) is 6.44. The Morgan fingerprint density at radius 3 is 2.86 bits per heavy atom. The summed E-state index contributed by atoms with van der Waals surface area (Å²) in [5.74, 6) is 0.591. The van der Waals surface area contributed by atoms with Gasteiger partial charge in [-0.3, -0.25) is 0 Å². The van der Waals surface area contributed by atoms with Crippen LogP contribution in [0.15, 0.2) is 29.3 Å². The molecule has 1 aromatic rings. The number of rotatable bonds is 5. The van der Waals surface area contributed by atoms with Gasteiger partial charge < -0.3 is 10.6 Å². The first-order chi connectivity index (χ1) is 10.2. The zero-order valence-corrected chi connectivity index (χ0v) is 13.5. The van der Waals surface area contributed by atoms with Crippen molar-refractivity contribution in [1.82, 2.24) is 10.6 Å². The largest absolute Gasteiger partial charge is 0.357 e. The molecule has 2 atom stereocenters. The Morgan fingerprint density at radius 2 is 2.19 bits per heavy atom. The third-order valence-corrected chi connectivity index (χ3v) is 4.86. The lowest BCUT2D eigenvalue weighted by Gasteiger charge is -2.17. The molecule has 3 nitrogen and oxygen atoms in total. The molecule has 0 heterocycles. The van der Waals surface area contributed by atoms with Crippen molar-refractivity contribution in [1.29, 1.82) is 0 Å². The van der Waals surface area contributed by atoms with E-state index in [0.717, 1.165) is 17.8 Å². The molecule has 0 bridgehead atoms. The molecule has 0 aromatic heterocycles. The molecule has 1 aliphatic rings. The van der Waals surface area contributed by atoms with Gasteiger partial charge >= 0.3 is 0 Å². The highest BCUT2D eigenvalue weighted by molar-refractivity contribution is 7.99. The lowest BCUT2D eigenvalue weighted by Crippen LogP contribution is -2.42. The molecule has 2 unspecified atom stereocenters. The second-order valence-electron chi connectivity index (χ2n) is 5.30. The van der Waals surface area contributed by atoms with E-state index in [2.05, 4.69) is 21.9 Å². The van der Waals surface area contributed by atoms with Crippen molar-refractivity contribution in [3.05, 3.63) is 35.6 Å². The Labute approximate surface area is 130 Å². The molecule has 5 heteroatoms. The third-order valence-electron chi connectivity index (χ3n) is 3.77. The Hall–Kier alpha value is -1.23. The van der Waals surface area contributed by atoms with Crippen LogP contribution >= 0.6 is 11.8 Å². The molecule has 0 radical (unpaired) electrons. The highest BCUT2D eigenvalue weighted by Gasteiger charge is 2.24. The van der Waals surface area contributed by atoms with Gasteiger partial charge in [0.05, 0.1) is 6.54 Å². The number of hydrogen-bond acceptors (Lipinski definition) is 2. The van der Waals surface area contributed by atoms with Crippen molar-refractivity contribution in [2.45, 2.75) is 44.0 Å². The Morgan fingerprint density at radius 1 is 1.38 bits per heavy atom. The van der Waals surface area contributed by atoms with Gasteiger partial charge in [0.15, 0.2) is 5.96 Å². The summed E-state index contributed by atoms with van der Waals surface area (Å²) < 4.78 is 13.6. The molecule has 0 amide bonds. The van der Waals surface area contributed by atoms with Crippen molar-refractivity contribution in [2.75, 3.05) is 12.8 Å². The van der Waals surface area contributed by atoms with Crippen molar-refractivity contribution >= 4 is 17.7 Å². The van der Waals surface area contributed by atoms with Crippen LogP contribution in [0.1, 0.15) is 31.7 Å². The summed E-state index contributed by atoms with van der Waals surface area (Å²) in [7, 11) is 0. The van der Waals surface area contributed by atoms with E-state index in [-0.39, 0.29) is 5.82 Å². The molecule has 1 aromatic carbocycles. The molecular formula is C16H24FN3S. The van der Waals surface area contributed by atoms with Gasteiger partial charge in [0, 0.05) is 23.4 Å². The molecule has 1 aliphatic carbocycles. The first-order valence-electron chi connectivity index (χ1n) is 7.54. The number of halogens is 1. The standard InChI is InChI=1S/C16H24FN3S/c1-3-18-16(20-13-8-9-14(10-13)21-2)19-11-12-6-4-5-7-15(12)17/h4-7,13-14H,3,8-11H2,1-2H3,(H2,18,19,20). The number of aliphatic imine (C=N–C) groups is 1. The smallest absolute Gasteiger partial charge is 0.191 e. The van der Waals surface area contributed by atoms with E-state index >= 15 is 0 Å². The summed E-state index contributed by atoms with van der Waals surface area (Å²) in [5.41, 5.74) is 0.628. The van der Waals surface area contributed by atoms with E-state index in [9.17, 15) is 4.39 Å². The second kappa shape index (κ2) is 8.27. The Bertz CT molecular complexity index is 478. The molecule has 21 heavy (non-hydrogen) atoms. The fraction of sp³-hybridized carbons (Fsp3) is 0.562. The zero-order valence-electron chi connectivity index (χ0n) is 12.7. The van der Waals surface area contributed by atoms with E-state index < -0.39 is 0 Å². The van der Waals surface area contributed by atoms with E-state index in [0.29, 0.717) is 18.2 Å². The van der Waals surface area contributed by atoms with Gasteiger partial charge in [-0.1, -0.05) is 18.2 Å². The summed E-state index contributed by atoms with van der Waals surface area (Å²) >= 11 is 1.94. The highest BCUT2D eigenvalue weighted by atomic mass is 32.2. The van der Waals surface area contributed by atoms with E-state index in [1.807, 2.05) is 24.8 Å². The SMILES string of the molecule is CCNC(=NCc1ccccc1F)NC1CCC(SC)C1. The average Bonchev–Trinajstić information content (AvgIpc) is 2.94. The maximum Gasteiger partial charge on any atom is 0.191 e. The maximum absolute atomic E-state index is 13.6. The van der Waals surface area contributed by atoms with E-state index in [1.54, 1.807) is 12.1 Å². The molecule has 1 saturated carbocycles. The van der Waals surface area contributed by atoms with Crippen LogP contribution in [0.25, 0.3) is 0 Å². The first kappa shape index (κ1) is 16.1. The number of nitrogens with one attached hydrogen (secondary N) is 2. The van der Waals surface area contributed by atoms with Gasteiger partial charge in [-0.15, -0.1) is 0 Å². The van der Waals surface area contributed by atoms with Gasteiger partial charge in [0.1, 0.15) is 5.82 Å². The lowest BCUT2D eigenvalue weighted by atomic mass is 10.2. The van der Waals surface area contributed by atoms with Crippen molar-refractivity contribution in [3.8, 4) is 0 Å². The summed E-state index contributed by atoms with van der Waals surface area (Å²) in [6.07, 6.45) is 5.77. The van der Waals surface area contributed by atoms with Gasteiger partial charge in [0.25, 0.3) is 0 Å². The minimum atomic E-state index is -0.194. The topological polar surface area (TPSA) is 36.4 Å². The molecule has 0 saturated heterocycles. The predicted molar refractivity (Wildman–Crippen MR) is 89.3 cm³/mol. The third kappa shape index (κ3) is 4.92. The van der Waals surface area contributed by atoms with E-state index in [1.165, 1.54) is 25.3 Å². The number of thioether (sulfide) groups is 1. The first-order valence-corrected chi connectivity index (χ1v) is 8.82. The Kier molecular flexibility index (Phi) is 6.36. The normalized spacial score (nSPS) is 22.3. The van der Waals surface area contributed by atoms with Crippen LogP contribution < -0.4 is 10.6 Å². The number of nitrogens with zero attached hydrogens (tertiary/aromatic N) is 1. The molecule has 2 rings (SSSR count). The monoisotopic (exact) mass is 309 g/mol. The van der Waals surface area contributed by atoms with Crippen LogP contribution in [0.5, 0.6) is 0 Å². The fourth-order valence-electron chi connectivity index (χ4n) is 2.59. The lowest BCUT2D eigenvalue weighted by molar-refractivity contribution is 0.604. The highest BCUT2D eigenvalue weighted by Crippen LogP contribution is 2.28. The van der Waals surface area contributed by atoms with Crippen molar-refractivity contribution in [3.63, 3.8) is 0 Å². The van der Waals surface area contributed by atoms with Crippen LogP contribution in [-0.2, 0) is 6.54 Å². The van der Waals surface area contributed by atoms with Gasteiger partial charge in [-0.05, 0) is 38.5 Å². The molecule has 2 N–H and O–H groups in total. The molecular weight excluding hydrogens is 285 g/mol. The van der Waals surface area contributed by atoms with Gasteiger partial charge in [-0.25, -0.2) is 9.38 Å². The molecule has 116 valence electrons. The minimum absolute atomic E-state index is 0.194. The fourth-order valence-corrected chi connectivity index (χ4v) is 3.39. The summed E-state index contributed by atoms with van der Waals surface area (Å²) in [5, 5.41) is 7.46. The van der Waals surface area contributed by atoms with Crippen LogP contribution in [0.2, 0.25) is 0 Å². The maximum atomic E-state index is 13.6. The quantitative estimate of drug-likeness (QED) is 0.648. The van der Waals surface area contributed by atoms with Gasteiger partial charge in [-0.2, -0.15) is 11.8 Å². The molecule has 1 fully saturated rings. The number of guanidine groups is 1. The Balaban J connectivity index is 1.95. The van der Waals surface area contributed by atoms with Crippen LogP contribution in [0, 0.1) is 5.82 Å². The zero-order chi connectivity index (χ0) is 15.1. The molecule has 0 aliphatic heterocycles. The number of benzene rings is 1. The van der Waals surface area contributed by atoms with Crippen LogP contribution in [-0.4, -0.2) is 30.1 Å². The number of hydrogen-bond donors (Lipinski definition) is 2.